The van der Waals surface area contributed by atoms with Crippen molar-refractivity contribution < 1.29 is 4.74 Å². The van der Waals surface area contributed by atoms with E-state index < -0.39 is 0 Å². The summed E-state index contributed by atoms with van der Waals surface area (Å²) in [6.45, 7) is 2.05. The molecule has 110 valence electrons. The SMILES string of the molecule is CSc1nc2ccc(C)cc2cc1/C=[N+](\[O-])c1ccccc1. The van der Waals surface area contributed by atoms with Crippen LogP contribution in [0.25, 0.3) is 10.9 Å². The number of para-hydroxylation sites is 1. The first-order chi connectivity index (χ1) is 10.7. The zero-order valence-corrected chi connectivity index (χ0v) is 13.3. The van der Waals surface area contributed by atoms with Gasteiger partial charge in [-0.3, -0.25) is 0 Å². The number of aryl methyl sites for hydroxylation is 1. The summed E-state index contributed by atoms with van der Waals surface area (Å²) in [6, 6.07) is 17.4. The van der Waals surface area contributed by atoms with Crippen LogP contribution in [0.3, 0.4) is 0 Å². The molecule has 0 unspecified atom stereocenters. The second kappa shape index (κ2) is 6.20. The molecule has 0 saturated carbocycles. The molecule has 0 N–H and O–H groups in total. The van der Waals surface area contributed by atoms with E-state index in [1.54, 1.807) is 30.1 Å². The first-order valence-corrected chi connectivity index (χ1v) is 8.21. The number of benzene rings is 2. The van der Waals surface area contributed by atoms with Gasteiger partial charge in [0.25, 0.3) is 0 Å². The fourth-order valence-electron chi connectivity index (χ4n) is 2.33. The standard InChI is InChI=1S/C18H16N2OS/c1-13-8-9-17-14(10-13)11-15(18(19-17)22-2)12-20(21)16-6-4-3-5-7-16/h3-12H,1-2H3/b20-12-. The van der Waals surface area contributed by atoms with E-state index in [0.29, 0.717) is 5.69 Å². The molecule has 0 amide bonds. The monoisotopic (exact) mass is 308 g/mol. The van der Waals surface area contributed by atoms with Crippen molar-refractivity contribution in [3.8, 4) is 0 Å². The zero-order chi connectivity index (χ0) is 15.5. The van der Waals surface area contributed by atoms with E-state index in [1.165, 1.54) is 5.56 Å². The molecule has 2 aromatic carbocycles. The fraction of sp³-hybridized carbons (Fsp3) is 0.111. The Morgan fingerprint density at radius 2 is 1.86 bits per heavy atom. The predicted molar refractivity (Wildman–Crippen MR) is 93.2 cm³/mol. The van der Waals surface area contributed by atoms with Crippen LogP contribution in [0, 0.1) is 12.1 Å². The number of thioether (sulfide) groups is 1. The first-order valence-electron chi connectivity index (χ1n) is 6.99. The van der Waals surface area contributed by atoms with Gasteiger partial charge < -0.3 is 5.21 Å². The van der Waals surface area contributed by atoms with Crippen LogP contribution in [0.2, 0.25) is 0 Å². The summed E-state index contributed by atoms with van der Waals surface area (Å²) in [4.78, 5) is 4.65. The Morgan fingerprint density at radius 1 is 1.09 bits per heavy atom. The third kappa shape index (κ3) is 2.97. The minimum atomic E-state index is 0.610. The maximum Gasteiger partial charge on any atom is 0.216 e. The summed E-state index contributed by atoms with van der Waals surface area (Å²) < 4.78 is 0.887. The number of aromatic nitrogens is 1. The molecule has 0 saturated heterocycles. The molecule has 22 heavy (non-hydrogen) atoms. The highest BCUT2D eigenvalue weighted by Crippen LogP contribution is 2.23. The van der Waals surface area contributed by atoms with Crippen molar-refractivity contribution in [2.24, 2.45) is 0 Å². The number of pyridine rings is 1. The van der Waals surface area contributed by atoms with Crippen LogP contribution in [-0.2, 0) is 0 Å². The molecule has 3 aromatic rings. The van der Waals surface area contributed by atoms with Gasteiger partial charge in [0.15, 0.2) is 6.21 Å². The van der Waals surface area contributed by atoms with Crippen molar-refractivity contribution in [2.75, 3.05) is 6.26 Å². The quantitative estimate of drug-likeness (QED) is 0.235. The molecule has 0 spiro atoms. The lowest BCUT2D eigenvalue weighted by Gasteiger charge is -2.07. The van der Waals surface area contributed by atoms with Crippen LogP contribution < -0.4 is 0 Å². The Labute approximate surface area is 133 Å². The van der Waals surface area contributed by atoms with Crippen molar-refractivity contribution in [3.05, 3.63) is 70.9 Å². The van der Waals surface area contributed by atoms with Crippen LogP contribution in [-0.4, -0.2) is 22.2 Å². The highest BCUT2D eigenvalue weighted by Gasteiger charge is 2.09. The van der Waals surface area contributed by atoms with Crippen molar-refractivity contribution in [3.63, 3.8) is 0 Å². The van der Waals surface area contributed by atoms with Gasteiger partial charge in [-0.2, -0.15) is 4.74 Å². The topological polar surface area (TPSA) is 39.0 Å². The molecule has 0 aliphatic carbocycles. The molecular weight excluding hydrogens is 292 g/mol. The van der Waals surface area contributed by atoms with E-state index >= 15 is 0 Å². The summed E-state index contributed by atoms with van der Waals surface area (Å²) in [5, 5.41) is 14.2. The molecule has 0 radical (unpaired) electrons. The highest BCUT2D eigenvalue weighted by molar-refractivity contribution is 7.98. The van der Waals surface area contributed by atoms with Gasteiger partial charge in [0.05, 0.1) is 11.1 Å². The average Bonchev–Trinajstić information content (AvgIpc) is 2.55. The van der Waals surface area contributed by atoms with Crippen molar-refractivity contribution in [1.82, 2.24) is 4.98 Å². The highest BCUT2D eigenvalue weighted by atomic mass is 32.2. The van der Waals surface area contributed by atoms with Gasteiger partial charge >= 0.3 is 0 Å². The lowest BCUT2D eigenvalue weighted by molar-refractivity contribution is -0.354. The molecule has 0 fully saturated rings. The zero-order valence-electron chi connectivity index (χ0n) is 12.5. The fourth-order valence-corrected chi connectivity index (χ4v) is 2.86. The Bertz CT molecular complexity index is 844. The molecule has 1 heterocycles. The summed E-state index contributed by atoms with van der Waals surface area (Å²) in [6.07, 6.45) is 3.56. The maximum atomic E-state index is 12.3. The van der Waals surface area contributed by atoms with Crippen molar-refractivity contribution in [1.29, 1.82) is 0 Å². The van der Waals surface area contributed by atoms with Gasteiger partial charge in [-0.25, -0.2) is 4.98 Å². The molecule has 0 bridgehead atoms. The predicted octanol–water partition coefficient (Wildman–Crippen LogP) is 4.53. The van der Waals surface area contributed by atoms with Gasteiger partial charge in [0.2, 0.25) is 5.69 Å². The van der Waals surface area contributed by atoms with E-state index in [0.717, 1.165) is 26.2 Å². The molecule has 3 rings (SSSR count). The van der Waals surface area contributed by atoms with Gasteiger partial charge in [0, 0.05) is 17.5 Å². The lowest BCUT2D eigenvalue weighted by Crippen LogP contribution is -2.01. The van der Waals surface area contributed by atoms with Crippen molar-refractivity contribution in [2.45, 2.75) is 11.9 Å². The van der Waals surface area contributed by atoms with E-state index in [9.17, 15) is 5.21 Å². The minimum Gasteiger partial charge on any atom is -0.618 e. The number of fused-ring (bicyclic) bond motifs is 1. The summed E-state index contributed by atoms with van der Waals surface area (Å²) in [5.41, 5.74) is 3.58. The van der Waals surface area contributed by atoms with Crippen LogP contribution in [0.4, 0.5) is 5.69 Å². The third-order valence-electron chi connectivity index (χ3n) is 3.42. The van der Waals surface area contributed by atoms with Crippen LogP contribution in [0.5, 0.6) is 0 Å². The maximum absolute atomic E-state index is 12.3. The second-order valence-corrected chi connectivity index (χ2v) is 5.87. The largest absolute Gasteiger partial charge is 0.618 e. The molecule has 0 aliphatic rings. The summed E-state index contributed by atoms with van der Waals surface area (Å²) in [5.74, 6) is 0. The molecule has 0 aliphatic heterocycles. The van der Waals surface area contributed by atoms with E-state index in [-0.39, 0.29) is 0 Å². The molecule has 0 atom stereocenters. The Balaban J connectivity index is 2.13. The lowest BCUT2D eigenvalue weighted by atomic mass is 10.1. The second-order valence-electron chi connectivity index (χ2n) is 5.07. The number of nitrogens with zero attached hydrogens (tertiary/aromatic N) is 2. The van der Waals surface area contributed by atoms with Gasteiger partial charge in [0.1, 0.15) is 5.03 Å². The van der Waals surface area contributed by atoms with E-state index in [4.69, 9.17) is 0 Å². The summed E-state index contributed by atoms with van der Waals surface area (Å²) >= 11 is 1.54. The van der Waals surface area contributed by atoms with E-state index in [1.807, 2.05) is 42.7 Å². The van der Waals surface area contributed by atoms with Crippen LogP contribution in [0.1, 0.15) is 11.1 Å². The summed E-state index contributed by atoms with van der Waals surface area (Å²) in [7, 11) is 0. The van der Waals surface area contributed by atoms with E-state index in [2.05, 4.69) is 18.0 Å². The van der Waals surface area contributed by atoms with Crippen molar-refractivity contribution >= 4 is 34.6 Å². The van der Waals surface area contributed by atoms with Gasteiger partial charge in [-0.05, 0) is 31.4 Å². The molecule has 1 aromatic heterocycles. The van der Waals surface area contributed by atoms with Gasteiger partial charge in [-0.1, -0.05) is 29.8 Å². The first kappa shape index (κ1) is 14.6. The Morgan fingerprint density at radius 3 is 2.59 bits per heavy atom. The number of hydrogen-bond donors (Lipinski definition) is 0. The number of rotatable bonds is 3. The normalized spacial score (nSPS) is 11.8. The Hall–Kier alpha value is -2.33. The smallest absolute Gasteiger partial charge is 0.216 e. The van der Waals surface area contributed by atoms with Crippen LogP contribution in [0.15, 0.2) is 59.6 Å². The average molecular weight is 308 g/mol. The number of hydrogen-bond acceptors (Lipinski definition) is 3. The molecule has 4 heteroatoms. The van der Waals surface area contributed by atoms with Crippen LogP contribution >= 0.6 is 11.8 Å². The third-order valence-corrected chi connectivity index (χ3v) is 4.14. The Kier molecular flexibility index (Phi) is 4.11. The van der Waals surface area contributed by atoms with Gasteiger partial charge in [-0.15, -0.1) is 11.8 Å². The molecular formula is C18H16N2OS. The molecule has 3 nitrogen and oxygen atoms in total. The minimum absolute atomic E-state index is 0.610.